The Labute approximate surface area is 227 Å². The minimum Gasteiger partial charge on any atom is -0.351 e. The maximum absolute atomic E-state index is 13.7. The fraction of sp³-hybridized carbons (Fsp3) is 0.531. The number of benzene rings is 2. The fourth-order valence-electron chi connectivity index (χ4n) is 7.92. The Morgan fingerprint density at radius 3 is 2.16 bits per heavy atom. The lowest BCUT2D eigenvalue weighted by Gasteiger charge is -2.56. The molecule has 0 atom stereocenters. The number of nitrogens with one attached hydrogen (secondary N) is 1. The van der Waals surface area contributed by atoms with E-state index in [1.165, 1.54) is 23.2 Å². The number of hydrogen-bond acceptors (Lipinski definition) is 3. The third kappa shape index (κ3) is 4.70. The van der Waals surface area contributed by atoms with Crippen LogP contribution in [-0.2, 0) is 26.7 Å². The van der Waals surface area contributed by atoms with E-state index in [-0.39, 0.29) is 21.8 Å². The fourth-order valence-corrected chi connectivity index (χ4v) is 9.31. The number of hydrogen-bond donors (Lipinski definition) is 1. The van der Waals surface area contributed by atoms with E-state index in [1.807, 2.05) is 36.4 Å². The summed E-state index contributed by atoms with van der Waals surface area (Å²) < 4.78 is 28.7. The van der Waals surface area contributed by atoms with E-state index in [2.05, 4.69) is 26.1 Å². The van der Waals surface area contributed by atoms with Crippen molar-refractivity contribution in [1.29, 1.82) is 0 Å². The number of nitrogens with zero attached hydrogens (tertiary/aromatic N) is 1. The van der Waals surface area contributed by atoms with Gasteiger partial charge in [0.2, 0.25) is 5.91 Å². The third-order valence-electron chi connectivity index (χ3n) is 9.33. The summed E-state index contributed by atoms with van der Waals surface area (Å²) in [6.45, 7) is 6.35. The first-order chi connectivity index (χ1) is 18.0. The molecule has 4 aliphatic carbocycles. The van der Waals surface area contributed by atoms with Gasteiger partial charge < -0.3 is 5.32 Å². The van der Waals surface area contributed by atoms with Gasteiger partial charge in [-0.3, -0.25) is 4.79 Å². The average molecular weight is 533 g/mol. The summed E-state index contributed by atoms with van der Waals surface area (Å²) in [5.41, 5.74) is 2.75. The summed E-state index contributed by atoms with van der Waals surface area (Å²) >= 11 is 0. The highest BCUT2D eigenvalue weighted by molar-refractivity contribution is 7.90. The molecule has 0 aliphatic heterocycles. The first kappa shape index (κ1) is 25.7. The Balaban J connectivity index is 1.17. The summed E-state index contributed by atoms with van der Waals surface area (Å²) in [5.74, 6) is 2.57. The van der Waals surface area contributed by atoms with Gasteiger partial charge in [-0.15, -0.1) is 0 Å². The predicted octanol–water partition coefficient (Wildman–Crippen LogP) is 6.58. The first-order valence-corrected chi connectivity index (χ1v) is 15.7. The zero-order valence-corrected chi connectivity index (χ0v) is 23.7. The quantitative estimate of drug-likeness (QED) is 0.374. The molecule has 38 heavy (non-hydrogen) atoms. The molecule has 2 aromatic carbocycles. The molecule has 4 bridgehead atoms. The molecule has 5 nitrogen and oxygen atoms in total. The molecule has 0 spiro atoms. The molecule has 3 aromatic rings. The van der Waals surface area contributed by atoms with Crippen molar-refractivity contribution in [1.82, 2.24) is 9.29 Å². The van der Waals surface area contributed by atoms with Gasteiger partial charge in [-0.2, -0.15) is 0 Å². The second kappa shape index (κ2) is 9.25. The maximum Gasteiger partial charge on any atom is 0.268 e. The van der Waals surface area contributed by atoms with Crippen molar-refractivity contribution in [3.8, 4) is 0 Å². The highest BCUT2D eigenvalue weighted by Gasteiger charge is 2.51. The van der Waals surface area contributed by atoms with Gasteiger partial charge in [0, 0.05) is 23.5 Å². The van der Waals surface area contributed by atoms with Crippen molar-refractivity contribution < 1.29 is 13.2 Å². The summed E-state index contributed by atoms with van der Waals surface area (Å²) in [6, 6.07) is 14.9. The number of carbonyl (C=O) groups excluding carboxylic acids is 1. The molecule has 7 rings (SSSR count). The summed E-state index contributed by atoms with van der Waals surface area (Å²) in [7, 11) is -3.74. The smallest absolute Gasteiger partial charge is 0.268 e. The average Bonchev–Trinajstić information content (AvgIpc) is 3.22. The number of rotatable bonds is 7. The van der Waals surface area contributed by atoms with E-state index in [0.29, 0.717) is 24.8 Å². The van der Waals surface area contributed by atoms with Crippen molar-refractivity contribution in [2.45, 2.75) is 94.4 Å². The molecular weight excluding hydrogens is 492 g/mol. The van der Waals surface area contributed by atoms with E-state index >= 15 is 0 Å². The van der Waals surface area contributed by atoms with Crippen LogP contribution in [-0.4, -0.2) is 23.8 Å². The Kier molecular flexibility index (Phi) is 6.25. The summed E-state index contributed by atoms with van der Waals surface area (Å²) in [4.78, 5) is 13.3. The lowest BCUT2D eigenvalue weighted by Crippen LogP contribution is -2.59. The Morgan fingerprint density at radius 1 is 0.947 bits per heavy atom. The van der Waals surface area contributed by atoms with E-state index in [9.17, 15) is 13.2 Å². The van der Waals surface area contributed by atoms with Gasteiger partial charge in [-0.1, -0.05) is 51.1 Å². The SMILES string of the molecule is CC(C)(C)c1ccc(S(=O)(=O)n2cc(CCCC(=O)NC34CC5CC(CC(C5)C3)C4)c3ccccc32)cc1. The molecule has 0 unspecified atom stereocenters. The highest BCUT2D eigenvalue weighted by atomic mass is 32.2. The molecule has 4 fully saturated rings. The minimum atomic E-state index is -3.74. The number of amides is 1. The Bertz CT molecular complexity index is 1430. The van der Waals surface area contributed by atoms with Gasteiger partial charge in [0.25, 0.3) is 10.0 Å². The van der Waals surface area contributed by atoms with E-state index < -0.39 is 10.0 Å². The number of carbonyl (C=O) groups is 1. The molecule has 0 radical (unpaired) electrons. The van der Waals surface area contributed by atoms with Gasteiger partial charge in [0.15, 0.2) is 0 Å². The first-order valence-electron chi connectivity index (χ1n) is 14.3. The van der Waals surface area contributed by atoms with Crippen LogP contribution in [0.15, 0.2) is 59.6 Å². The molecule has 1 amide bonds. The van der Waals surface area contributed by atoms with Crippen molar-refractivity contribution in [3.05, 3.63) is 65.9 Å². The van der Waals surface area contributed by atoms with Gasteiger partial charge in [-0.05, 0) is 104 Å². The van der Waals surface area contributed by atoms with E-state index in [4.69, 9.17) is 0 Å². The molecule has 1 heterocycles. The van der Waals surface area contributed by atoms with Crippen molar-refractivity contribution in [2.24, 2.45) is 17.8 Å². The standard InChI is InChI=1S/C32H40N2O3S/c1-31(2,3)26-11-13-27(14-12-26)38(36,37)34-21-25(28-8-4-5-9-29(28)34)7-6-10-30(35)33-32-18-22-15-23(19-32)17-24(16-22)20-32/h4-5,8-9,11-14,21-24H,6-7,10,15-20H2,1-3H3,(H,33,35). The topological polar surface area (TPSA) is 68.2 Å². The van der Waals surface area contributed by atoms with Crippen molar-refractivity contribution in [3.63, 3.8) is 0 Å². The lowest BCUT2D eigenvalue weighted by atomic mass is 9.53. The van der Waals surface area contributed by atoms with Crippen molar-refractivity contribution >= 4 is 26.8 Å². The molecule has 6 heteroatoms. The number of aromatic nitrogens is 1. The highest BCUT2D eigenvalue weighted by Crippen LogP contribution is 2.55. The van der Waals surface area contributed by atoms with Crippen LogP contribution < -0.4 is 5.32 Å². The van der Waals surface area contributed by atoms with Crippen LogP contribution in [0.25, 0.3) is 10.9 Å². The second-order valence-electron chi connectivity index (χ2n) is 13.3. The summed E-state index contributed by atoms with van der Waals surface area (Å²) in [5, 5.41) is 4.41. The Hall–Kier alpha value is -2.60. The largest absolute Gasteiger partial charge is 0.351 e. The van der Waals surface area contributed by atoms with E-state index in [1.54, 1.807) is 18.3 Å². The van der Waals surface area contributed by atoms with Gasteiger partial charge >= 0.3 is 0 Å². The second-order valence-corrected chi connectivity index (χ2v) is 15.2. The molecule has 4 saturated carbocycles. The zero-order chi connectivity index (χ0) is 26.7. The molecule has 202 valence electrons. The monoisotopic (exact) mass is 532 g/mol. The zero-order valence-electron chi connectivity index (χ0n) is 22.9. The van der Waals surface area contributed by atoms with Crippen LogP contribution >= 0.6 is 0 Å². The molecule has 0 saturated heterocycles. The van der Waals surface area contributed by atoms with Gasteiger partial charge in [0.05, 0.1) is 10.4 Å². The predicted molar refractivity (Wildman–Crippen MR) is 152 cm³/mol. The van der Waals surface area contributed by atoms with Crippen LogP contribution in [0.1, 0.15) is 83.3 Å². The van der Waals surface area contributed by atoms with Crippen molar-refractivity contribution in [2.75, 3.05) is 0 Å². The van der Waals surface area contributed by atoms with Crippen LogP contribution in [0, 0.1) is 17.8 Å². The number of para-hydroxylation sites is 1. The lowest BCUT2D eigenvalue weighted by molar-refractivity contribution is -0.126. The van der Waals surface area contributed by atoms with Gasteiger partial charge in [-0.25, -0.2) is 12.4 Å². The van der Waals surface area contributed by atoms with Crippen LogP contribution in [0.2, 0.25) is 0 Å². The maximum atomic E-state index is 13.7. The van der Waals surface area contributed by atoms with E-state index in [0.717, 1.165) is 53.5 Å². The van der Waals surface area contributed by atoms with Crippen LogP contribution in [0.3, 0.4) is 0 Å². The number of aryl methyl sites for hydroxylation is 1. The molecule has 1 aromatic heterocycles. The van der Waals surface area contributed by atoms with Crippen LogP contribution in [0.4, 0.5) is 0 Å². The molecular formula is C32H40N2O3S. The normalized spacial score (nSPS) is 26.7. The third-order valence-corrected chi connectivity index (χ3v) is 11.0. The minimum absolute atomic E-state index is 0.0402. The Morgan fingerprint density at radius 2 is 1.55 bits per heavy atom. The summed E-state index contributed by atoms with van der Waals surface area (Å²) in [6.07, 6.45) is 11.2. The molecule has 4 aliphatic rings. The van der Waals surface area contributed by atoms with Gasteiger partial charge in [0.1, 0.15) is 0 Å². The van der Waals surface area contributed by atoms with Crippen LogP contribution in [0.5, 0.6) is 0 Å². The molecule has 1 N–H and O–H groups in total. The number of fused-ring (bicyclic) bond motifs is 1.